The van der Waals surface area contributed by atoms with Crippen LogP contribution < -0.4 is 5.32 Å². The molecule has 1 aromatic carbocycles. The van der Waals surface area contributed by atoms with Crippen LogP contribution in [0.3, 0.4) is 0 Å². The van der Waals surface area contributed by atoms with E-state index < -0.39 is 0 Å². The van der Waals surface area contributed by atoms with Crippen LogP contribution in [0.1, 0.15) is 42.6 Å². The first-order chi connectivity index (χ1) is 9.56. The summed E-state index contributed by atoms with van der Waals surface area (Å²) in [5, 5.41) is 3.48. The lowest BCUT2D eigenvalue weighted by Gasteiger charge is -2.27. The van der Waals surface area contributed by atoms with Crippen LogP contribution in [0.15, 0.2) is 24.3 Å². The molecule has 1 aromatic rings. The van der Waals surface area contributed by atoms with E-state index >= 15 is 0 Å². The minimum absolute atomic E-state index is 0.160. The van der Waals surface area contributed by atoms with E-state index in [1.165, 1.54) is 18.4 Å². The van der Waals surface area contributed by atoms with Crippen LogP contribution in [0, 0.1) is 12.8 Å². The van der Waals surface area contributed by atoms with Gasteiger partial charge in [-0.1, -0.05) is 31.5 Å². The number of amides is 1. The maximum atomic E-state index is 12.7. The van der Waals surface area contributed by atoms with Gasteiger partial charge in [0.05, 0.1) is 0 Å². The standard InChI is InChI=1S/C17H26N2O/c1-13(2)11-19(12-16-5-4-10-18-16)17(20)15-8-6-14(3)7-9-15/h6-9,13,16,18H,4-5,10-12H2,1-3H3. The number of rotatable bonds is 5. The van der Waals surface area contributed by atoms with Gasteiger partial charge >= 0.3 is 0 Å². The zero-order valence-corrected chi connectivity index (χ0v) is 12.9. The normalized spacial score (nSPS) is 18.5. The van der Waals surface area contributed by atoms with Gasteiger partial charge in [-0.3, -0.25) is 4.79 Å². The van der Waals surface area contributed by atoms with Crippen LogP contribution in [0.5, 0.6) is 0 Å². The van der Waals surface area contributed by atoms with Crippen LogP contribution in [0.25, 0.3) is 0 Å². The van der Waals surface area contributed by atoms with Crippen LogP contribution in [0.4, 0.5) is 0 Å². The van der Waals surface area contributed by atoms with Crippen molar-refractivity contribution in [3.05, 3.63) is 35.4 Å². The Morgan fingerprint density at radius 2 is 2.05 bits per heavy atom. The lowest BCUT2D eigenvalue weighted by molar-refractivity contribution is 0.0721. The second-order valence-electron chi connectivity index (χ2n) is 6.26. The maximum Gasteiger partial charge on any atom is 0.253 e. The molecule has 1 aliphatic heterocycles. The molecule has 0 saturated carbocycles. The minimum atomic E-state index is 0.160. The molecule has 1 N–H and O–H groups in total. The molecule has 3 heteroatoms. The SMILES string of the molecule is Cc1ccc(C(=O)N(CC(C)C)CC2CCCN2)cc1. The van der Waals surface area contributed by atoms with Crippen molar-refractivity contribution in [2.24, 2.45) is 5.92 Å². The molecule has 2 rings (SSSR count). The van der Waals surface area contributed by atoms with Gasteiger partial charge in [0.1, 0.15) is 0 Å². The first kappa shape index (κ1) is 15.0. The van der Waals surface area contributed by atoms with Crippen molar-refractivity contribution >= 4 is 5.91 Å². The summed E-state index contributed by atoms with van der Waals surface area (Å²) in [6.07, 6.45) is 2.40. The third-order valence-corrected chi connectivity index (χ3v) is 3.77. The predicted molar refractivity (Wildman–Crippen MR) is 82.9 cm³/mol. The molecule has 110 valence electrons. The Bertz CT molecular complexity index is 433. The average molecular weight is 274 g/mol. The molecule has 1 amide bonds. The Morgan fingerprint density at radius 3 is 2.60 bits per heavy atom. The molecule has 0 aliphatic carbocycles. The highest BCUT2D eigenvalue weighted by molar-refractivity contribution is 5.94. The number of hydrogen-bond donors (Lipinski definition) is 1. The summed E-state index contributed by atoms with van der Waals surface area (Å²) >= 11 is 0. The monoisotopic (exact) mass is 274 g/mol. The van der Waals surface area contributed by atoms with E-state index in [4.69, 9.17) is 0 Å². The molecule has 1 unspecified atom stereocenters. The van der Waals surface area contributed by atoms with Crippen molar-refractivity contribution in [3.8, 4) is 0 Å². The first-order valence-electron chi connectivity index (χ1n) is 7.65. The highest BCUT2D eigenvalue weighted by Crippen LogP contribution is 2.13. The number of aryl methyl sites for hydroxylation is 1. The lowest BCUT2D eigenvalue weighted by Crippen LogP contribution is -2.42. The maximum absolute atomic E-state index is 12.7. The highest BCUT2D eigenvalue weighted by Gasteiger charge is 2.22. The highest BCUT2D eigenvalue weighted by atomic mass is 16.2. The number of carbonyl (C=O) groups excluding carboxylic acids is 1. The van der Waals surface area contributed by atoms with Gasteiger partial charge in [-0.05, 0) is 44.4 Å². The average Bonchev–Trinajstić information content (AvgIpc) is 2.90. The van der Waals surface area contributed by atoms with Crippen molar-refractivity contribution in [2.75, 3.05) is 19.6 Å². The molecule has 1 saturated heterocycles. The topological polar surface area (TPSA) is 32.3 Å². The zero-order valence-electron chi connectivity index (χ0n) is 12.9. The van der Waals surface area contributed by atoms with Crippen LogP contribution in [-0.2, 0) is 0 Å². The summed E-state index contributed by atoms with van der Waals surface area (Å²) in [6.45, 7) is 9.10. The van der Waals surface area contributed by atoms with Crippen molar-refractivity contribution < 1.29 is 4.79 Å². The second kappa shape index (κ2) is 6.89. The van der Waals surface area contributed by atoms with E-state index in [1.54, 1.807) is 0 Å². The van der Waals surface area contributed by atoms with Gasteiger partial charge in [0.15, 0.2) is 0 Å². The summed E-state index contributed by atoms with van der Waals surface area (Å²) in [5.41, 5.74) is 1.99. The molecule has 1 heterocycles. The van der Waals surface area contributed by atoms with Crippen LogP contribution >= 0.6 is 0 Å². The minimum Gasteiger partial charge on any atom is -0.337 e. The molecule has 3 nitrogen and oxygen atoms in total. The van der Waals surface area contributed by atoms with Gasteiger partial charge < -0.3 is 10.2 Å². The molecule has 0 spiro atoms. The molecule has 1 fully saturated rings. The van der Waals surface area contributed by atoms with E-state index in [9.17, 15) is 4.79 Å². The summed E-state index contributed by atoms with van der Waals surface area (Å²) in [5.74, 6) is 0.651. The fourth-order valence-electron chi connectivity index (χ4n) is 2.74. The van der Waals surface area contributed by atoms with Gasteiger partial charge in [-0.2, -0.15) is 0 Å². The molecular weight excluding hydrogens is 248 g/mol. The molecule has 0 aromatic heterocycles. The third-order valence-electron chi connectivity index (χ3n) is 3.77. The molecule has 0 radical (unpaired) electrons. The Morgan fingerprint density at radius 1 is 1.35 bits per heavy atom. The summed E-state index contributed by atoms with van der Waals surface area (Å²) in [4.78, 5) is 14.7. The van der Waals surface area contributed by atoms with Gasteiger partial charge in [0.2, 0.25) is 0 Å². The lowest BCUT2D eigenvalue weighted by atomic mass is 10.1. The van der Waals surface area contributed by atoms with Gasteiger partial charge in [0, 0.05) is 24.7 Å². The first-order valence-corrected chi connectivity index (χ1v) is 7.65. The van der Waals surface area contributed by atoms with E-state index in [1.807, 2.05) is 36.1 Å². The van der Waals surface area contributed by atoms with E-state index in [0.29, 0.717) is 12.0 Å². The van der Waals surface area contributed by atoms with Crippen LogP contribution in [-0.4, -0.2) is 36.5 Å². The predicted octanol–water partition coefficient (Wildman–Crippen LogP) is 2.85. The zero-order chi connectivity index (χ0) is 14.5. The van der Waals surface area contributed by atoms with Gasteiger partial charge in [-0.25, -0.2) is 0 Å². The largest absolute Gasteiger partial charge is 0.337 e. The number of carbonyl (C=O) groups is 1. The van der Waals surface area contributed by atoms with Crippen LogP contribution in [0.2, 0.25) is 0 Å². The molecule has 1 atom stereocenters. The van der Waals surface area contributed by atoms with E-state index in [0.717, 1.165) is 25.2 Å². The Kier molecular flexibility index (Phi) is 5.18. The molecular formula is C17H26N2O. The number of nitrogens with zero attached hydrogens (tertiary/aromatic N) is 1. The van der Waals surface area contributed by atoms with Gasteiger partial charge in [-0.15, -0.1) is 0 Å². The van der Waals surface area contributed by atoms with Crippen molar-refractivity contribution in [1.82, 2.24) is 10.2 Å². The smallest absolute Gasteiger partial charge is 0.253 e. The van der Waals surface area contributed by atoms with E-state index in [-0.39, 0.29) is 5.91 Å². The second-order valence-corrected chi connectivity index (χ2v) is 6.26. The van der Waals surface area contributed by atoms with E-state index in [2.05, 4.69) is 19.2 Å². The van der Waals surface area contributed by atoms with Crippen molar-refractivity contribution in [3.63, 3.8) is 0 Å². The molecule has 1 aliphatic rings. The Balaban J connectivity index is 2.07. The quantitative estimate of drug-likeness (QED) is 0.895. The Hall–Kier alpha value is -1.35. The fraction of sp³-hybridized carbons (Fsp3) is 0.588. The van der Waals surface area contributed by atoms with Crippen molar-refractivity contribution in [2.45, 2.75) is 39.7 Å². The van der Waals surface area contributed by atoms with Crippen molar-refractivity contribution in [1.29, 1.82) is 0 Å². The third kappa shape index (κ3) is 4.07. The Labute approximate surface area is 122 Å². The number of nitrogens with one attached hydrogen (secondary N) is 1. The summed E-state index contributed by atoms with van der Waals surface area (Å²) < 4.78 is 0. The number of hydrogen-bond acceptors (Lipinski definition) is 2. The summed E-state index contributed by atoms with van der Waals surface area (Å²) in [6, 6.07) is 8.35. The molecule has 20 heavy (non-hydrogen) atoms. The fourth-order valence-corrected chi connectivity index (χ4v) is 2.74. The number of benzene rings is 1. The molecule has 0 bridgehead atoms. The van der Waals surface area contributed by atoms with Gasteiger partial charge in [0.25, 0.3) is 5.91 Å². The summed E-state index contributed by atoms with van der Waals surface area (Å²) in [7, 11) is 0.